The van der Waals surface area contributed by atoms with Crippen LogP contribution in [-0.4, -0.2) is 16.5 Å². The fourth-order valence-corrected chi connectivity index (χ4v) is 1.02. The SMILES string of the molecule is C=CCC(C(N)=O)[P+](=O)O. The molecule has 2 atom stereocenters. The molecule has 3 N–H and O–H groups in total. The molecule has 0 aromatic heterocycles. The van der Waals surface area contributed by atoms with Crippen LogP contribution in [0.15, 0.2) is 12.7 Å². The Labute approximate surface area is 59.6 Å². The van der Waals surface area contributed by atoms with Gasteiger partial charge in [0, 0.05) is 6.42 Å². The van der Waals surface area contributed by atoms with Crippen LogP contribution in [-0.2, 0) is 9.36 Å². The molecular weight excluding hydrogens is 153 g/mol. The van der Waals surface area contributed by atoms with E-state index in [1.54, 1.807) is 0 Å². The first-order valence-corrected chi connectivity index (χ1v) is 3.93. The van der Waals surface area contributed by atoms with Gasteiger partial charge in [0.15, 0.2) is 0 Å². The van der Waals surface area contributed by atoms with Crippen LogP contribution in [0.25, 0.3) is 0 Å². The Bertz CT molecular complexity index is 154. The molecule has 0 aliphatic rings. The van der Waals surface area contributed by atoms with Gasteiger partial charge >= 0.3 is 8.03 Å². The molecule has 0 spiro atoms. The number of allylic oxidation sites excluding steroid dienone is 1. The molecule has 0 saturated carbocycles. The lowest BCUT2D eigenvalue weighted by molar-refractivity contribution is -0.117. The second kappa shape index (κ2) is 4.14. The molecule has 0 aliphatic carbocycles. The molecule has 2 unspecified atom stereocenters. The first-order chi connectivity index (χ1) is 4.59. The highest BCUT2D eigenvalue weighted by Gasteiger charge is 2.33. The Morgan fingerprint density at radius 3 is 2.50 bits per heavy atom. The van der Waals surface area contributed by atoms with E-state index in [-0.39, 0.29) is 6.42 Å². The van der Waals surface area contributed by atoms with Crippen molar-refractivity contribution in [2.75, 3.05) is 0 Å². The molecule has 56 valence electrons. The van der Waals surface area contributed by atoms with Gasteiger partial charge in [-0.2, -0.15) is 4.89 Å². The minimum absolute atomic E-state index is 0.154. The highest BCUT2D eigenvalue weighted by atomic mass is 31.1. The van der Waals surface area contributed by atoms with Gasteiger partial charge in [-0.3, -0.25) is 4.79 Å². The number of nitrogens with two attached hydrogens (primary N) is 1. The largest absolute Gasteiger partial charge is 0.519 e. The lowest BCUT2D eigenvalue weighted by Crippen LogP contribution is -2.24. The van der Waals surface area contributed by atoms with Gasteiger partial charge in [-0.15, -0.1) is 6.58 Å². The van der Waals surface area contributed by atoms with Crippen LogP contribution in [0.2, 0.25) is 0 Å². The molecule has 0 aliphatic heterocycles. The van der Waals surface area contributed by atoms with Crippen LogP contribution in [0.5, 0.6) is 0 Å². The van der Waals surface area contributed by atoms with Crippen LogP contribution in [0, 0.1) is 0 Å². The van der Waals surface area contributed by atoms with Crippen molar-refractivity contribution in [3.63, 3.8) is 0 Å². The fraction of sp³-hybridized carbons (Fsp3) is 0.400. The number of primary amides is 1. The summed E-state index contributed by atoms with van der Waals surface area (Å²) in [4.78, 5) is 18.8. The zero-order valence-corrected chi connectivity index (χ0v) is 6.25. The predicted octanol–water partition coefficient (Wildman–Crippen LogP) is 0.151. The third-order valence-electron chi connectivity index (χ3n) is 0.985. The van der Waals surface area contributed by atoms with Crippen molar-refractivity contribution in [1.29, 1.82) is 0 Å². The summed E-state index contributed by atoms with van der Waals surface area (Å²) in [6.45, 7) is 3.32. The van der Waals surface area contributed by atoms with Crippen LogP contribution >= 0.6 is 8.03 Å². The summed E-state index contributed by atoms with van der Waals surface area (Å²) in [6.07, 6.45) is 1.54. The molecule has 0 fully saturated rings. The number of carbonyl (C=O) groups excluding carboxylic acids is 1. The second-order valence-electron chi connectivity index (χ2n) is 1.75. The lowest BCUT2D eigenvalue weighted by Gasteiger charge is -1.92. The number of amides is 1. The standard InChI is InChI=1S/C5H8NO3P/c1-2-3-4(5(6)7)10(8)9/h2,4H,1,3H2,(H2-,6,7,8,9)/p+1. The Morgan fingerprint density at radius 1 is 1.90 bits per heavy atom. The Hall–Kier alpha value is -0.730. The summed E-state index contributed by atoms with van der Waals surface area (Å²) < 4.78 is 10.3. The van der Waals surface area contributed by atoms with E-state index in [1.807, 2.05) is 0 Å². The summed E-state index contributed by atoms with van der Waals surface area (Å²) >= 11 is 0. The number of hydrogen-bond acceptors (Lipinski definition) is 2. The molecule has 5 heteroatoms. The third-order valence-corrected chi connectivity index (χ3v) is 1.98. The lowest BCUT2D eigenvalue weighted by atomic mass is 10.3. The quantitative estimate of drug-likeness (QED) is 0.456. The summed E-state index contributed by atoms with van der Waals surface area (Å²) in [5, 5.41) is 0. The van der Waals surface area contributed by atoms with Gasteiger partial charge in [0.05, 0.1) is 0 Å². The van der Waals surface area contributed by atoms with Gasteiger partial charge in [-0.05, 0) is 4.57 Å². The van der Waals surface area contributed by atoms with Crippen LogP contribution in [0.1, 0.15) is 6.42 Å². The predicted molar refractivity (Wildman–Crippen MR) is 37.6 cm³/mol. The zero-order chi connectivity index (χ0) is 8.15. The molecule has 0 bridgehead atoms. The van der Waals surface area contributed by atoms with Crippen molar-refractivity contribution >= 4 is 13.9 Å². The molecular formula is C5H9NO3P+. The molecule has 4 nitrogen and oxygen atoms in total. The van der Waals surface area contributed by atoms with E-state index in [0.717, 1.165) is 0 Å². The summed E-state index contributed by atoms with van der Waals surface area (Å²) in [6, 6.07) is 0. The molecule has 0 rings (SSSR count). The van der Waals surface area contributed by atoms with Gasteiger partial charge in [-0.25, -0.2) is 0 Å². The highest BCUT2D eigenvalue weighted by molar-refractivity contribution is 7.40. The van der Waals surface area contributed by atoms with Gasteiger partial charge in [0.1, 0.15) is 0 Å². The van der Waals surface area contributed by atoms with Crippen molar-refractivity contribution in [2.45, 2.75) is 12.1 Å². The first-order valence-electron chi connectivity index (χ1n) is 2.65. The van der Waals surface area contributed by atoms with Crippen molar-refractivity contribution in [3.8, 4) is 0 Å². The summed E-state index contributed by atoms with van der Waals surface area (Å²) in [7, 11) is -2.51. The second-order valence-corrected chi connectivity index (χ2v) is 2.97. The molecule has 0 heterocycles. The van der Waals surface area contributed by atoms with Crippen LogP contribution in [0.3, 0.4) is 0 Å². The van der Waals surface area contributed by atoms with Crippen molar-refractivity contribution < 1.29 is 14.3 Å². The average molecular weight is 162 g/mol. The molecule has 1 amide bonds. The molecule has 0 aromatic rings. The van der Waals surface area contributed by atoms with E-state index >= 15 is 0 Å². The van der Waals surface area contributed by atoms with Crippen molar-refractivity contribution in [2.24, 2.45) is 5.73 Å². The van der Waals surface area contributed by atoms with Gasteiger partial charge in [0.2, 0.25) is 0 Å². The Kier molecular flexibility index (Phi) is 3.84. The topological polar surface area (TPSA) is 80.4 Å². The van der Waals surface area contributed by atoms with E-state index in [0.29, 0.717) is 0 Å². The Morgan fingerprint density at radius 2 is 2.40 bits per heavy atom. The average Bonchev–Trinajstić information content (AvgIpc) is 1.81. The third kappa shape index (κ3) is 2.71. The van der Waals surface area contributed by atoms with E-state index in [1.165, 1.54) is 6.08 Å². The van der Waals surface area contributed by atoms with Crippen molar-refractivity contribution in [1.82, 2.24) is 0 Å². The van der Waals surface area contributed by atoms with Crippen LogP contribution < -0.4 is 5.73 Å². The molecule has 0 saturated heterocycles. The van der Waals surface area contributed by atoms with Gasteiger partial charge in [-0.1, -0.05) is 6.08 Å². The van der Waals surface area contributed by atoms with E-state index in [4.69, 9.17) is 10.6 Å². The smallest absolute Gasteiger partial charge is 0.366 e. The maximum Gasteiger partial charge on any atom is 0.519 e. The highest BCUT2D eigenvalue weighted by Crippen LogP contribution is 2.24. The molecule has 0 aromatic carbocycles. The summed E-state index contributed by atoms with van der Waals surface area (Å²) in [5.74, 6) is -0.761. The minimum atomic E-state index is -2.51. The van der Waals surface area contributed by atoms with Gasteiger partial charge < -0.3 is 5.73 Å². The van der Waals surface area contributed by atoms with Gasteiger partial charge in [0.25, 0.3) is 11.6 Å². The molecule has 10 heavy (non-hydrogen) atoms. The number of hydrogen-bond donors (Lipinski definition) is 2. The monoisotopic (exact) mass is 162 g/mol. The van der Waals surface area contributed by atoms with Crippen molar-refractivity contribution in [3.05, 3.63) is 12.7 Å². The zero-order valence-electron chi connectivity index (χ0n) is 5.36. The van der Waals surface area contributed by atoms with E-state index in [2.05, 4.69) is 6.58 Å². The van der Waals surface area contributed by atoms with E-state index in [9.17, 15) is 9.36 Å². The minimum Gasteiger partial charge on any atom is -0.366 e. The first kappa shape index (κ1) is 9.27. The fourth-order valence-electron chi connectivity index (χ4n) is 0.473. The molecule has 0 radical (unpaired) electrons. The van der Waals surface area contributed by atoms with Crippen LogP contribution in [0.4, 0.5) is 0 Å². The van der Waals surface area contributed by atoms with E-state index < -0.39 is 19.6 Å². The normalized spacial score (nSPS) is 13.9. The maximum absolute atomic E-state index is 10.4. The number of rotatable bonds is 4. The Balaban J connectivity index is 4.11. The number of carbonyl (C=O) groups is 1. The summed E-state index contributed by atoms with van der Waals surface area (Å²) in [5.41, 5.74) is 3.81. The maximum atomic E-state index is 10.4.